The Kier molecular flexibility index (Phi) is 5.49. The highest BCUT2D eigenvalue weighted by atomic mass is 35.5. The minimum atomic E-state index is -0.521. The number of anilines is 1. The van der Waals surface area contributed by atoms with Crippen molar-refractivity contribution >= 4 is 57.4 Å². The lowest BCUT2D eigenvalue weighted by atomic mass is 10.2. The minimum absolute atomic E-state index is 0.00342. The van der Waals surface area contributed by atoms with Crippen molar-refractivity contribution in [1.82, 2.24) is 5.32 Å². The molecule has 6 nitrogen and oxygen atoms in total. The monoisotopic (exact) mass is 360 g/mol. The largest absolute Gasteiger partial charge is 0.495 e. The van der Waals surface area contributed by atoms with Crippen LogP contribution in [0.15, 0.2) is 12.1 Å². The van der Waals surface area contributed by atoms with Crippen LogP contribution in [0.1, 0.15) is 6.42 Å². The van der Waals surface area contributed by atoms with Crippen molar-refractivity contribution in [2.24, 2.45) is 0 Å². The number of methoxy groups -OCH3 is 2. The topological polar surface area (TPSA) is 76.7 Å². The number of halogens is 1. The number of hydrogen-bond acceptors (Lipinski definition) is 6. The first kappa shape index (κ1) is 16.9. The van der Waals surface area contributed by atoms with E-state index in [9.17, 15) is 9.59 Å². The Balaban J connectivity index is 2.09. The SMILES string of the molecule is COc1cc(OC)c(NC(=O)C[C@H]2SC(=S)NC2=O)cc1Cl. The quantitative estimate of drug-likeness (QED) is 0.784. The number of amides is 2. The van der Waals surface area contributed by atoms with Gasteiger partial charge in [0.15, 0.2) is 0 Å². The summed E-state index contributed by atoms with van der Waals surface area (Å²) in [7, 11) is 2.95. The standard InChI is InChI=1S/C13H13ClN2O4S2/c1-19-8-4-9(20-2)7(3-6(8)14)15-11(17)5-10-12(18)16-13(21)22-10/h3-4,10H,5H2,1-2H3,(H,15,17)(H,16,18,21)/t10-/m1/s1. The molecule has 0 aliphatic carbocycles. The molecule has 1 aliphatic heterocycles. The molecule has 2 amide bonds. The molecule has 118 valence electrons. The summed E-state index contributed by atoms with van der Waals surface area (Å²) >= 11 is 12.1. The van der Waals surface area contributed by atoms with E-state index >= 15 is 0 Å². The van der Waals surface area contributed by atoms with Crippen molar-refractivity contribution in [3.05, 3.63) is 17.2 Å². The molecule has 1 fully saturated rings. The van der Waals surface area contributed by atoms with Gasteiger partial charge in [-0.1, -0.05) is 35.6 Å². The van der Waals surface area contributed by atoms with Crippen LogP contribution in [0, 0.1) is 0 Å². The highest BCUT2D eigenvalue weighted by Crippen LogP contribution is 2.36. The van der Waals surface area contributed by atoms with Gasteiger partial charge in [-0.15, -0.1) is 0 Å². The molecular weight excluding hydrogens is 348 g/mol. The second-order valence-corrected chi connectivity index (χ2v) is 6.61. The number of rotatable bonds is 5. The predicted octanol–water partition coefficient (Wildman–Crippen LogP) is 2.20. The second kappa shape index (κ2) is 7.17. The normalized spacial score (nSPS) is 17.1. The zero-order valence-corrected chi connectivity index (χ0v) is 14.2. The summed E-state index contributed by atoms with van der Waals surface area (Å²) in [5.41, 5.74) is 0.407. The zero-order chi connectivity index (χ0) is 16.3. The summed E-state index contributed by atoms with van der Waals surface area (Å²) in [4.78, 5) is 23.6. The van der Waals surface area contributed by atoms with E-state index in [1.165, 1.54) is 20.3 Å². The van der Waals surface area contributed by atoms with Crippen molar-refractivity contribution in [3.8, 4) is 11.5 Å². The van der Waals surface area contributed by atoms with Gasteiger partial charge in [0.25, 0.3) is 0 Å². The van der Waals surface area contributed by atoms with Gasteiger partial charge in [0.05, 0.1) is 30.2 Å². The van der Waals surface area contributed by atoms with Gasteiger partial charge in [-0.25, -0.2) is 0 Å². The number of thiocarbonyl (C=S) groups is 1. The molecule has 22 heavy (non-hydrogen) atoms. The van der Waals surface area contributed by atoms with Crippen LogP contribution in [0.25, 0.3) is 0 Å². The average molecular weight is 361 g/mol. The molecule has 1 aliphatic rings. The third kappa shape index (κ3) is 3.82. The maximum atomic E-state index is 12.1. The van der Waals surface area contributed by atoms with Crippen LogP contribution in [-0.4, -0.2) is 35.6 Å². The third-order valence-corrected chi connectivity index (χ3v) is 4.55. The highest BCUT2D eigenvalue weighted by molar-refractivity contribution is 8.24. The minimum Gasteiger partial charge on any atom is -0.495 e. The Hall–Kier alpha value is -1.51. The predicted molar refractivity (Wildman–Crippen MR) is 89.9 cm³/mol. The Morgan fingerprint density at radius 2 is 2.09 bits per heavy atom. The van der Waals surface area contributed by atoms with Crippen molar-refractivity contribution in [1.29, 1.82) is 0 Å². The fourth-order valence-electron chi connectivity index (χ4n) is 1.85. The van der Waals surface area contributed by atoms with Crippen molar-refractivity contribution < 1.29 is 19.1 Å². The van der Waals surface area contributed by atoms with E-state index in [0.717, 1.165) is 11.8 Å². The fraction of sp³-hybridized carbons (Fsp3) is 0.308. The van der Waals surface area contributed by atoms with Crippen LogP contribution < -0.4 is 20.1 Å². The van der Waals surface area contributed by atoms with Gasteiger partial charge in [0, 0.05) is 12.5 Å². The Bertz CT molecular complexity index is 639. The molecule has 0 radical (unpaired) electrons. The molecule has 1 aromatic carbocycles. The summed E-state index contributed by atoms with van der Waals surface area (Å²) in [6.45, 7) is 0. The molecule has 0 spiro atoms. The van der Waals surface area contributed by atoms with Gasteiger partial charge in [0.2, 0.25) is 11.8 Å². The molecule has 1 saturated heterocycles. The highest BCUT2D eigenvalue weighted by Gasteiger charge is 2.31. The van der Waals surface area contributed by atoms with E-state index < -0.39 is 5.25 Å². The number of carbonyl (C=O) groups excluding carboxylic acids is 2. The lowest BCUT2D eigenvalue weighted by Crippen LogP contribution is -2.27. The van der Waals surface area contributed by atoms with Crippen LogP contribution in [-0.2, 0) is 9.59 Å². The number of nitrogens with one attached hydrogen (secondary N) is 2. The summed E-state index contributed by atoms with van der Waals surface area (Å²) in [6, 6.07) is 3.10. The van der Waals surface area contributed by atoms with Crippen molar-refractivity contribution in [2.75, 3.05) is 19.5 Å². The molecule has 0 saturated carbocycles. The average Bonchev–Trinajstić information content (AvgIpc) is 2.77. The number of carbonyl (C=O) groups is 2. The Labute approximate surface area is 141 Å². The smallest absolute Gasteiger partial charge is 0.239 e. The van der Waals surface area contributed by atoms with Crippen LogP contribution in [0.4, 0.5) is 5.69 Å². The van der Waals surface area contributed by atoms with Crippen LogP contribution in [0.2, 0.25) is 5.02 Å². The Morgan fingerprint density at radius 3 is 2.64 bits per heavy atom. The molecule has 0 bridgehead atoms. The molecule has 1 atom stereocenters. The van der Waals surface area contributed by atoms with Crippen molar-refractivity contribution in [2.45, 2.75) is 11.7 Å². The van der Waals surface area contributed by atoms with Gasteiger partial charge in [-0.05, 0) is 6.07 Å². The van der Waals surface area contributed by atoms with E-state index in [1.807, 2.05) is 0 Å². The number of benzene rings is 1. The zero-order valence-electron chi connectivity index (χ0n) is 11.8. The Morgan fingerprint density at radius 1 is 1.41 bits per heavy atom. The van der Waals surface area contributed by atoms with Crippen LogP contribution >= 0.6 is 35.6 Å². The molecule has 0 unspecified atom stereocenters. The second-order valence-electron chi connectivity index (χ2n) is 4.32. The molecule has 1 aromatic rings. The maximum absolute atomic E-state index is 12.1. The van der Waals surface area contributed by atoms with E-state index in [2.05, 4.69) is 10.6 Å². The molecule has 0 aromatic heterocycles. The molecule has 9 heteroatoms. The summed E-state index contributed by atoms with van der Waals surface area (Å²) in [5, 5.41) is 4.99. The van der Waals surface area contributed by atoms with Gasteiger partial charge in [0.1, 0.15) is 15.8 Å². The van der Waals surface area contributed by atoms with E-state index in [-0.39, 0.29) is 18.2 Å². The maximum Gasteiger partial charge on any atom is 0.239 e. The first-order valence-corrected chi connectivity index (χ1v) is 7.84. The lowest BCUT2D eigenvalue weighted by molar-refractivity contribution is -0.122. The van der Waals surface area contributed by atoms with Gasteiger partial charge in [-0.3, -0.25) is 9.59 Å². The molecule has 2 rings (SSSR count). The van der Waals surface area contributed by atoms with Crippen LogP contribution in [0.5, 0.6) is 11.5 Å². The van der Waals surface area contributed by atoms with E-state index in [1.54, 1.807) is 6.07 Å². The summed E-state index contributed by atoms with van der Waals surface area (Å²) in [6.07, 6.45) is 0.00342. The van der Waals surface area contributed by atoms with Gasteiger partial charge < -0.3 is 20.1 Å². The first-order chi connectivity index (χ1) is 10.4. The first-order valence-electron chi connectivity index (χ1n) is 6.17. The van der Waals surface area contributed by atoms with Gasteiger partial charge >= 0.3 is 0 Å². The fourth-order valence-corrected chi connectivity index (χ4v) is 3.36. The number of ether oxygens (including phenoxy) is 2. The molecule has 1 heterocycles. The molecular formula is C13H13ClN2O4S2. The van der Waals surface area contributed by atoms with Crippen LogP contribution in [0.3, 0.4) is 0 Å². The summed E-state index contributed by atoms with van der Waals surface area (Å²) < 4.78 is 10.7. The van der Waals surface area contributed by atoms with E-state index in [0.29, 0.717) is 26.5 Å². The van der Waals surface area contributed by atoms with Gasteiger partial charge in [-0.2, -0.15) is 0 Å². The van der Waals surface area contributed by atoms with E-state index in [4.69, 9.17) is 33.3 Å². The summed E-state index contributed by atoms with van der Waals surface area (Å²) in [5.74, 6) is 0.253. The molecule has 2 N–H and O–H groups in total. The van der Waals surface area contributed by atoms with Crippen molar-refractivity contribution in [3.63, 3.8) is 0 Å². The number of hydrogen-bond donors (Lipinski definition) is 2. The lowest BCUT2D eigenvalue weighted by Gasteiger charge is -2.13. The number of thioether (sulfide) groups is 1. The third-order valence-electron chi connectivity index (χ3n) is 2.89.